The predicted molar refractivity (Wildman–Crippen MR) is 81.6 cm³/mol. The molecule has 2 rings (SSSR count). The smallest absolute Gasteiger partial charge is 0.337 e. The second-order valence-electron chi connectivity index (χ2n) is 5.18. The predicted octanol–water partition coefficient (Wildman–Crippen LogP) is 2.05. The lowest BCUT2D eigenvalue weighted by Crippen LogP contribution is -2.32. The highest BCUT2D eigenvalue weighted by molar-refractivity contribution is 7.89. The molecule has 1 aromatic rings. The van der Waals surface area contributed by atoms with Gasteiger partial charge in [-0.15, -0.1) is 0 Å². The Kier molecular flexibility index (Phi) is 5.42. The van der Waals surface area contributed by atoms with Crippen LogP contribution in [-0.4, -0.2) is 46.0 Å². The van der Waals surface area contributed by atoms with Gasteiger partial charge in [0.15, 0.2) is 0 Å². The van der Waals surface area contributed by atoms with Crippen molar-refractivity contribution in [3.05, 3.63) is 23.8 Å². The minimum atomic E-state index is -3.69. The maximum Gasteiger partial charge on any atom is 0.337 e. The first-order valence-corrected chi connectivity index (χ1v) is 8.71. The average Bonchev–Trinajstić information content (AvgIpc) is 2.83. The van der Waals surface area contributed by atoms with Gasteiger partial charge < -0.3 is 9.47 Å². The average molecular weight is 327 g/mol. The molecule has 0 atom stereocenters. The van der Waals surface area contributed by atoms with Gasteiger partial charge in [-0.05, 0) is 31.0 Å². The van der Waals surface area contributed by atoms with Crippen molar-refractivity contribution in [2.24, 2.45) is 0 Å². The van der Waals surface area contributed by atoms with Crippen LogP contribution >= 0.6 is 0 Å². The lowest BCUT2D eigenvalue weighted by molar-refractivity contribution is 0.0600. The number of carbonyl (C=O) groups is 1. The lowest BCUT2D eigenvalue weighted by atomic mass is 10.2. The molecule has 0 spiro atoms. The molecule has 1 aliphatic heterocycles. The molecule has 0 amide bonds. The van der Waals surface area contributed by atoms with E-state index in [4.69, 9.17) is 4.74 Å². The van der Waals surface area contributed by atoms with Crippen molar-refractivity contribution in [2.45, 2.75) is 30.6 Å². The third kappa shape index (κ3) is 3.41. The fourth-order valence-corrected chi connectivity index (χ4v) is 4.24. The highest BCUT2D eigenvalue weighted by Crippen LogP contribution is 2.29. The van der Waals surface area contributed by atoms with E-state index in [1.165, 1.54) is 36.7 Å². The van der Waals surface area contributed by atoms with Gasteiger partial charge in [0, 0.05) is 13.1 Å². The van der Waals surface area contributed by atoms with E-state index in [9.17, 15) is 13.2 Å². The number of esters is 1. The highest BCUT2D eigenvalue weighted by Gasteiger charge is 2.29. The van der Waals surface area contributed by atoms with Gasteiger partial charge in [0.2, 0.25) is 10.0 Å². The number of benzene rings is 1. The summed E-state index contributed by atoms with van der Waals surface area (Å²) < 4.78 is 37.0. The van der Waals surface area contributed by atoms with E-state index in [2.05, 4.69) is 4.74 Å². The third-order valence-corrected chi connectivity index (χ3v) is 5.69. The molecule has 6 nitrogen and oxygen atoms in total. The molecule has 122 valence electrons. The zero-order valence-corrected chi connectivity index (χ0v) is 13.7. The zero-order chi connectivity index (χ0) is 16.2. The second kappa shape index (κ2) is 7.11. The van der Waals surface area contributed by atoms with Crippen LogP contribution in [0.5, 0.6) is 5.75 Å². The van der Waals surface area contributed by atoms with Crippen LogP contribution < -0.4 is 4.74 Å². The Labute approximate surface area is 131 Å². The van der Waals surface area contributed by atoms with Gasteiger partial charge in [0.1, 0.15) is 10.6 Å². The van der Waals surface area contributed by atoms with Crippen molar-refractivity contribution in [2.75, 3.05) is 27.3 Å². The minimum Gasteiger partial charge on any atom is -0.495 e. The van der Waals surface area contributed by atoms with Gasteiger partial charge in [0.05, 0.1) is 19.8 Å². The Hall–Kier alpha value is -1.60. The summed E-state index contributed by atoms with van der Waals surface area (Å²) >= 11 is 0. The molecule has 1 heterocycles. The van der Waals surface area contributed by atoms with E-state index in [1.54, 1.807) is 0 Å². The Morgan fingerprint density at radius 2 is 1.73 bits per heavy atom. The number of carbonyl (C=O) groups excluding carboxylic acids is 1. The van der Waals surface area contributed by atoms with Crippen molar-refractivity contribution in [1.29, 1.82) is 0 Å². The molecule has 7 heteroatoms. The van der Waals surface area contributed by atoms with Crippen LogP contribution in [0.1, 0.15) is 36.0 Å². The normalized spacial score (nSPS) is 16.8. The van der Waals surface area contributed by atoms with Crippen LogP contribution in [-0.2, 0) is 14.8 Å². The third-order valence-electron chi connectivity index (χ3n) is 3.77. The van der Waals surface area contributed by atoms with Crippen molar-refractivity contribution >= 4 is 16.0 Å². The molecule has 0 N–H and O–H groups in total. The lowest BCUT2D eigenvalue weighted by Gasteiger charge is -2.21. The molecule has 0 bridgehead atoms. The summed E-state index contributed by atoms with van der Waals surface area (Å²) in [5.41, 5.74) is 0.191. The van der Waals surface area contributed by atoms with Crippen LogP contribution in [0.4, 0.5) is 0 Å². The second-order valence-corrected chi connectivity index (χ2v) is 7.08. The van der Waals surface area contributed by atoms with Gasteiger partial charge in [-0.1, -0.05) is 12.8 Å². The Bertz CT molecular complexity index is 633. The van der Waals surface area contributed by atoms with Gasteiger partial charge in [-0.2, -0.15) is 4.31 Å². The number of methoxy groups -OCH3 is 2. The quantitative estimate of drug-likeness (QED) is 0.791. The fourth-order valence-electron chi connectivity index (χ4n) is 2.54. The van der Waals surface area contributed by atoms with Crippen LogP contribution in [0, 0.1) is 0 Å². The number of nitrogens with zero attached hydrogens (tertiary/aromatic N) is 1. The van der Waals surface area contributed by atoms with Crippen LogP contribution in [0.3, 0.4) is 0 Å². The number of hydrogen-bond donors (Lipinski definition) is 0. The van der Waals surface area contributed by atoms with Gasteiger partial charge in [0.25, 0.3) is 0 Å². The van der Waals surface area contributed by atoms with Crippen molar-refractivity contribution in [3.8, 4) is 5.75 Å². The summed E-state index contributed by atoms with van der Waals surface area (Å²) in [5, 5.41) is 0. The van der Waals surface area contributed by atoms with E-state index >= 15 is 0 Å². The summed E-state index contributed by atoms with van der Waals surface area (Å²) in [5.74, 6) is -0.341. The van der Waals surface area contributed by atoms with E-state index in [0.29, 0.717) is 13.1 Å². The molecule has 22 heavy (non-hydrogen) atoms. The summed E-state index contributed by atoms with van der Waals surface area (Å²) in [6, 6.07) is 4.30. The topological polar surface area (TPSA) is 72.9 Å². The fraction of sp³-hybridized carbons (Fsp3) is 0.533. The van der Waals surface area contributed by atoms with E-state index in [-0.39, 0.29) is 16.2 Å². The Balaban J connectivity index is 2.45. The molecular weight excluding hydrogens is 306 g/mol. The summed E-state index contributed by atoms with van der Waals surface area (Å²) in [7, 11) is -1.02. The molecule has 0 radical (unpaired) electrons. The molecule has 1 aliphatic rings. The maximum absolute atomic E-state index is 12.9. The monoisotopic (exact) mass is 327 g/mol. The summed E-state index contributed by atoms with van der Waals surface area (Å²) in [6.07, 6.45) is 3.76. The van der Waals surface area contributed by atoms with Gasteiger partial charge in [-0.3, -0.25) is 0 Å². The number of hydrogen-bond acceptors (Lipinski definition) is 5. The van der Waals surface area contributed by atoms with Gasteiger partial charge in [-0.25, -0.2) is 13.2 Å². The zero-order valence-electron chi connectivity index (χ0n) is 12.9. The summed E-state index contributed by atoms with van der Waals surface area (Å²) in [4.78, 5) is 11.7. The van der Waals surface area contributed by atoms with Crippen molar-refractivity contribution in [1.82, 2.24) is 4.31 Å². The molecule has 1 fully saturated rings. The Morgan fingerprint density at radius 3 is 2.27 bits per heavy atom. The van der Waals surface area contributed by atoms with Crippen LogP contribution in [0.2, 0.25) is 0 Å². The first-order chi connectivity index (χ1) is 10.5. The molecule has 0 aromatic heterocycles. The van der Waals surface area contributed by atoms with Crippen molar-refractivity contribution < 1.29 is 22.7 Å². The van der Waals surface area contributed by atoms with E-state index in [0.717, 1.165) is 25.7 Å². The van der Waals surface area contributed by atoms with Crippen molar-refractivity contribution in [3.63, 3.8) is 0 Å². The molecule has 1 saturated heterocycles. The van der Waals surface area contributed by atoms with Gasteiger partial charge >= 0.3 is 5.97 Å². The SMILES string of the molecule is COC(=O)c1ccc(OC)c(S(=O)(=O)N2CCCCCC2)c1. The Morgan fingerprint density at radius 1 is 1.09 bits per heavy atom. The van der Waals surface area contributed by atoms with E-state index in [1.807, 2.05) is 0 Å². The number of sulfonamides is 1. The maximum atomic E-state index is 12.9. The first-order valence-electron chi connectivity index (χ1n) is 7.27. The van der Waals surface area contributed by atoms with E-state index < -0.39 is 16.0 Å². The highest BCUT2D eigenvalue weighted by atomic mass is 32.2. The molecule has 0 unspecified atom stereocenters. The largest absolute Gasteiger partial charge is 0.495 e. The van der Waals surface area contributed by atoms with Crippen LogP contribution in [0.25, 0.3) is 0 Å². The molecule has 0 saturated carbocycles. The molecule has 0 aliphatic carbocycles. The minimum absolute atomic E-state index is 0.0137. The molecular formula is C15H21NO5S. The summed E-state index contributed by atoms with van der Waals surface area (Å²) in [6.45, 7) is 0.988. The number of ether oxygens (including phenoxy) is 2. The first kappa shape index (κ1) is 16.8. The van der Waals surface area contributed by atoms with Crippen LogP contribution in [0.15, 0.2) is 23.1 Å². The number of rotatable bonds is 4. The molecule has 1 aromatic carbocycles. The standard InChI is InChI=1S/C15H21NO5S/c1-20-13-8-7-12(15(17)21-2)11-14(13)22(18,19)16-9-5-3-4-6-10-16/h7-8,11H,3-6,9-10H2,1-2H3.